The summed E-state index contributed by atoms with van der Waals surface area (Å²) in [6.07, 6.45) is 11.3. The summed E-state index contributed by atoms with van der Waals surface area (Å²) in [7, 11) is 0. The molecule has 0 spiro atoms. The molecule has 3 fully saturated rings. The number of hydrogen-bond acceptors (Lipinski definition) is 17. The molecule has 21 nitrogen and oxygen atoms in total. The first-order valence-electron chi connectivity index (χ1n) is 28.5. The van der Waals surface area contributed by atoms with E-state index in [0.29, 0.717) is 12.8 Å². The van der Waals surface area contributed by atoms with Crippen LogP contribution in [0.15, 0.2) is 0 Å². The number of amides is 2. The van der Waals surface area contributed by atoms with Gasteiger partial charge in [0.05, 0.1) is 56.9 Å². The fourth-order valence-electron chi connectivity index (χ4n) is 10.1. The minimum absolute atomic E-state index is 0. The lowest BCUT2D eigenvalue weighted by atomic mass is 9.87. The Balaban J connectivity index is 0.00000685. The molecule has 3 aliphatic heterocycles. The van der Waals surface area contributed by atoms with Gasteiger partial charge in [-0.05, 0) is 12.8 Å². The highest BCUT2D eigenvalue weighted by Gasteiger charge is 2.51. The number of aliphatic hydroxyl groups is 8. The van der Waals surface area contributed by atoms with Crippen LogP contribution in [0.4, 0.5) is 0 Å². The van der Waals surface area contributed by atoms with Crippen molar-refractivity contribution in [2.45, 2.75) is 293 Å². The molecule has 0 aromatic rings. The van der Waals surface area contributed by atoms with E-state index < -0.39 is 118 Å². The van der Waals surface area contributed by atoms with Crippen molar-refractivity contribution in [1.29, 1.82) is 0 Å². The first kappa shape index (κ1) is 70.8. The highest BCUT2D eigenvalue weighted by atomic mass is 16.7. The summed E-state index contributed by atoms with van der Waals surface area (Å²) in [6.45, 7) is 5.15. The Morgan fingerprint density at radius 1 is 0.693 bits per heavy atom. The Labute approximate surface area is 447 Å². The molecule has 13 N–H and O–H groups in total. The van der Waals surface area contributed by atoms with Gasteiger partial charge in [-0.15, -0.1) is 0 Å². The molecule has 0 radical (unpaired) electrons. The van der Waals surface area contributed by atoms with Gasteiger partial charge in [0.1, 0.15) is 42.7 Å². The second-order valence-corrected chi connectivity index (χ2v) is 20.9. The molecule has 16 atom stereocenters. The van der Waals surface area contributed by atoms with Gasteiger partial charge in [0.15, 0.2) is 18.9 Å². The lowest BCUT2D eigenvalue weighted by molar-refractivity contribution is -0.352. The van der Waals surface area contributed by atoms with Gasteiger partial charge in [-0.2, -0.15) is 0 Å². The van der Waals surface area contributed by atoms with Crippen LogP contribution >= 0.6 is 0 Å². The van der Waals surface area contributed by atoms with Crippen LogP contribution in [-0.2, 0) is 42.8 Å². The van der Waals surface area contributed by atoms with E-state index in [2.05, 4.69) is 24.5 Å². The monoisotopic (exact) mass is 1080 g/mol. The Hall–Kier alpha value is -2.19. The van der Waals surface area contributed by atoms with Gasteiger partial charge >= 0.3 is 0 Å². The van der Waals surface area contributed by atoms with Crippen LogP contribution in [-0.4, -0.2) is 188 Å². The third-order valence-corrected chi connectivity index (χ3v) is 14.6. The van der Waals surface area contributed by atoms with E-state index in [-0.39, 0.29) is 43.3 Å². The van der Waals surface area contributed by atoms with Crippen LogP contribution in [0.25, 0.3) is 0 Å². The molecule has 3 heterocycles. The van der Waals surface area contributed by atoms with Crippen LogP contribution in [0.2, 0.25) is 0 Å². The molecular formula is C54H104N2O19. The van der Waals surface area contributed by atoms with Crippen molar-refractivity contribution >= 4 is 18.3 Å². The number of aliphatic hydroxyl groups excluding tert-OH is 8. The molecule has 444 valence electrons. The number of hydrogen-bond donors (Lipinski definition) is 11. The maximum Gasteiger partial charge on any atom is 0.290 e. The van der Waals surface area contributed by atoms with Gasteiger partial charge in [-0.25, -0.2) is 0 Å². The summed E-state index contributed by atoms with van der Waals surface area (Å²) in [6, 6.07) is -1.61. The number of ether oxygens (including phenoxy) is 6. The number of rotatable bonds is 39. The average Bonchev–Trinajstić information content (AvgIpc) is 3.38. The fraction of sp³-hybridized carbons (Fsp3) is 0.944. The van der Waals surface area contributed by atoms with E-state index in [1.165, 1.54) is 110 Å². The van der Waals surface area contributed by atoms with Gasteiger partial charge in [-0.3, -0.25) is 14.4 Å². The first-order valence-corrected chi connectivity index (χ1v) is 28.5. The lowest BCUT2D eigenvalue weighted by Crippen LogP contribution is -2.67. The third-order valence-electron chi connectivity index (χ3n) is 14.6. The Bertz CT molecular complexity index is 1420. The largest absolute Gasteiger partial charge is 0.483 e. The average molecular weight is 1090 g/mol. The molecule has 3 aliphatic rings. The van der Waals surface area contributed by atoms with E-state index in [0.717, 1.165) is 44.9 Å². The Kier molecular flexibility index (Phi) is 40.3. The van der Waals surface area contributed by atoms with Crippen molar-refractivity contribution in [2.24, 2.45) is 5.92 Å². The van der Waals surface area contributed by atoms with Crippen LogP contribution < -0.4 is 10.6 Å². The Morgan fingerprint density at radius 2 is 1.21 bits per heavy atom. The molecular weight excluding hydrogens is 981 g/mol. The SMILES string of the molecule is CCCCCCCCCCCCCCCCCC(=O)NC(CCCCCCCCCC)CO[C@@H]1OC(CO)[C@@H](O[C@@H]2OC(CO)C[C@H](O[C@@H]3C[C@@H](O)[C@@H](C)C([C@H](O)[C@H](O)CO)O3)C2O)[C@H](O)C1NC(C)=O.O.O=CO. The number of unbranched alkanes of at least 4 members (excludes halogenated alkanes) is 21. The van der Waals surface area contributed by atoms with Crippen molar-refractivity contribution in [3.8, 4) is 0 Å². The number of nitrogens with one attached hydrogen (secondary N) is 2. The second kappa shape index (κ2) is 42.7. The van der Waals surface area contributed by atoms with Gasteiger partial charge in [0.25, 0.3) is 6.47 Å². The predicted molar refractivity (Wildman–Crippen MR) is 280 cm³/mol. The van der Waals surface area contributed by atoms with Gasteiger partial charge < -0.3 is 90.5 Å². The minimum atomic E-state index is -1.58. The van der Waals surface area contributed by atoms with Crippen LogP contribution in [0.3, 0.4) is 0 Å². The molecule has 0 saturated carbocycles. The van der Waals surface area contributed by atoms with Gasteiger partial charge in [0.2, 0.25) is 11.8 Å². The van der Waals surface area contributed by atoms with E-state index in [4.69, 9.17) is 38.3 Å². The zero-order valence-corrected chi connectivity index (χ0v) is 45.9. The number of carbonyl (C=O) groups is 3. The maximum atomic E-state index is 13.3. The van der Waals surface area contributed by atoms with Gasteiger partial charge in [0, 0.05) is 32.1 Å². The summed E-state index contributed by atoms with van der Waals surface area (Å²) in [5, 5.41) is 97.8. The van der Waals surface area contributed by atoms with Crippen molar-refractivity contribution in [3.63, 3.8) is 0 Å². The molecule has 2 amide bonds. The van der Waals surface area contributed by atoms with Crippen molar-refractivity contribution < 1.29 is 94.2 Å². The van der Waals surface area contributed by atoms with Gasteiger partial charge in [-0.1, -0.05) is 162 Å². The fourth-order valence-corrected chi connectivity index (χ4v) is 10.1. The topological polar surface area (TPSA) is 344 Å². The molecule has 75 heavy (non-hydrogen) atoms. The molecule has 3 rings (SSSR count). The van der Waals surface area contributed by atoms with Crippen molar-refractivity contribution in [2.75, 3.05) is 26.4 Å². The number of carbonyl (C=O) groups excluding carboxylic acids is 2. The summed E-state index contributed by atoms with van der Waals surface area (Å²) in [5.41, 5.74) is 0. The Morgan fingerprint density at radius 3 is 1.71 bits per heavy atom. The number of carboxylic acid groups (broad SMARTS) is 1. The standard InChI is InChI=1S/C53H100N2O16.CH2O2.H2O/c1-5-7-9-11-13-15-16-17-18-19-20-21-23-25-27-29-44(62)55-38(28-26-24-22-14-12-10-8-6-2)35-66-52-46(54-37(4)59)49(65)51(43(34-58)69-52)71-53-48(64)42(30-39(32-56)67-53)68-45-31-40(60)36(3)50(70-45)47(63)41(61)33-57;2-1-3;/h36,38-43,45-53,56-58,60-61,63-65H,5-35H2,1-4H3,(H,54,59)(H,55,62);1H,(H,2,3);1H2/t36-,38?,39?,40-,41-,42+,43?,45+,46?,47-,48?,49-,50?,51-,52-,53+;;/m1../s1. The summed E-state index contributed by atoms with van der Waals surface area (Å²) in [5.74, 6) is -1.22. The first-order chi connectivity index (χ1) is 35.7. The smallest absolute Gasteiger partial charge is 0.290 e. The highest BCUT2D eigenvalue weighted by molar-refractivity contribution is 5.76. The van der Waals surface area contributed by atoms with E-state index in [1.807, 2.05) is 0 Å². The lowest BCUT2D eigenvalue weighted by Gasteiger charge is -2.47. The molecule has 6 unspecified atom stereocenters. The minimum Gasteiger partial charge on any atom is -0.483 e. The zero-order valence-electron chi connectivity index (χ0n) is 45.9. The maximum absolute atomic E-state index is 13.3. The second-order valence-electron chi connectivity index (χ2n) is 20.9. The zero-order chi connectivity index (χ0) is 54.7. The summed E-state index contributed by atoms with van der Waals surface area (Å²) >= 11 is 0. The van der Waals surface area contributed by atoms with Crippen LogP contribution in [0.1, 0.15) is 201 Å². The third kappa shape index (κ3) is 28.0. The molecule has 0 aromatic carbocycles. The molecule has 21 heteroatoms. The normalized spacial score (nSPS) is 29.0. The highest BCUT2D eigenvalue weighted by Crippen LogP contribution is 2.34. The summed E-state index contributed by atoms with van der Waals surface area (Å²) in [4.78, 5) is 34.3. The van der Waals surface area contributed by atoms with E-state index in [1.54, 1.807) is 6.92 Å². The van der Waals surface area contributed by atoms with E-state index in [9.17, 15) is 50.4 Å². The van der Waals surface area contributed by atoms with Crippen LogP contribution in [0, 0.1) is 5.92 Å². The van der Waals surface area contributed by atoms with Crippen LogP contribution in [0.5, 0.6) is 0 Å². The quantitative estimate of drug-likeness (QED) is 0.0308. The molecule has 0 aromatic heterocycles. The van der Waals surface area contributed by atoms with Crippen molar-refractivity contribution in [1.82, 2.24) is 10.6 Å². The summed E-state index contributed by atoms with van der Waals surface area (Å²) < 4.78 is 36.5. The molecule has 3 saturated heterocycles. The van der Waals surface area contributed by atoms with Crippen molar-refractivity contribution in [3.05, 3.63) is 0 Å². The molecule has 0 aliphatic carbocycles. The predicted octanol–water partition coefficient (Wildman–Crippen LogP) is 3.80. The van der Waals surface area contributed by atoms with E-state index >= 15 is 0 Å². The molecule has 0 bridgehead atoms.